The van der Waals surface area contributed by atoms with Crippen molar-refractivity contribution in [3.63, 3.8) is 0 Å². The number of allylic oxidation sites excluding steroid dienone is 2. The molecule has 0 aliphatic heterocycles. The number of hydrogen-bond donors (Lipinski definition) is 3. The normalized spacial score (nSPS) is 24.1. The van der Waals surface area contributed by atoms with E-state index in [9.17, 15) is 14.7 Å². The number of Topliss-reactive ketones (excluding diaryl/α,β-unsaturated/α-hetero) is 1. The van der Waals surface area contributed by atoms with E-state index < -0.39 is 6.03 Å². The number of rotatable bonds is 2. The molecule has 7 heteroatoms. The molecule has 120 valence electrons. The summed E-state index contributed by atoms with van der Waals surface area (Å²) in [6.07, 6.45) is 3.47. The number of nitrogens with zero attached hydrogens (tertiary/aromatic N) is 2. The maximum absolute atomic E-state index is 12.3. The van der Waals surface area contributed by atoms with Gasteiger partial charge >= 0.3 is 6.03 Å². The molecule has 23 heavy (non-hydrogen) atoms. The first-order valence-electron chi connectivity index (χ1n) is 7.62. The highest BCUT2D eigenvalue weighted by atomic mass is 16.3. The number of azo groups is 1. The lowest BCUT2D eigenvalue weighted by Gasteiger charge is -2.23. The highest BCUT2D eigenvalue weighted by Crippen LogP contribution is 2.42. The molecule has 1 saturated carbocycles. The van der Waals surface area contributed by atoms with Crippen molar-refractivity contribution in [3.8, 4) is 0 Å². The zero-order valence-electron chi connectivity index (χ0n) is 12.5. The van der Waals surface area contributed by atoms with E-state index in [1.54, 1.807) is 24.3 Å². The number of carbonyl (C=O) groups is 2. The molecule has 0 heterocycles. The Morgan fingerprint density at radius 2 is 1.91 bits per heavy atom. The number of benzene rings is 1. The lowest BCUT2D eigenvalue weighted by molar-refractivity contribution is -0.120. The van der Waals surface area contributed by atoms with Gasteiger partial charge in [0.25, 0.3) is 0 Å². The van der Waals surface area contributed by atoms with Crippen molar-refractivity contribution < 1.29 is 14.7 Å². The smallest absolute Gasteiger partial charge is 0.364 e. The maximum Gasteiger partial charge on any atom is 0.364 e. The third-order valence-corrected chi connectivity index (χ3v) is 4.37. The molecule has 0 saturated heterocycles. The summed E-state index contributed by atoms with van der Waals surface area (Å²) < 4.78 is 0. The SMILES string of the molecule is Nc1ccccc1NC(=O)N=NC1=C(O)C2CCCCC2C1=O. The summed E-state index contributed by atoms with van der Waals surface area (Å²) in [5.74, 6) is -0.637. The molecule has 3 rings (SSSR count). The molecular formula is C16H18N4O3. The molecule has 2 aliphatic carbocycles. The number of ketones is 1. The highest BCUT2D eigenvalue weighted by molar-refractivity contribution is 6.00. The first-order chi connectivity index (χ1) is 11.1. The van der Waals surface area contributed by atoms with Crippen molar-refractivity contribution in [1.82, 2.24) is 0 Å². The minimum Gasteiger partial charge on any atom is -0.510 e. The van der Waals surface area contributed by atoms with E-state index in [1.165, 1.54) is 0 Å². The van der Waals surface area contributed by atoms with Gasteiger partial charge in [0.15, 0.2) is 11.5 Å². The molecule has 0 radical (unpaired) electrons. The molecule has 0 aromatic heterocycles. The number of nitrogens with two attached hydrogens (primary N) is 1. The standard InChI is InChI=1S/C16H18N4O3/c17-11-7-3-4-8-12(11)18-16(23)20-19-13-14(21)9-5-1-2-6-10(9)15(13)22/h3-4,7-10,21H,1-2,5-6,17H2,(H,18,23). The molecule has 1 aromatic carbocycles. The fourth-order valence-electron chi connectivity index (χ4n) is 3.20. The second-order valence-corrected chi connectivity index (χ2v) is 5.81. The topological polar surface area (TPSA) is 117 Å². The number of nitrogen functional groups attached to an aromatic ring is 1. The lowest BCUT2D eigenvalue weighted by Crippen LogP contribution is -2.21. The number of aliphatic hydroxyl groups is 1. The van der Waals surface area contributed by atoms with Crippen LogP contribution in [0, 0.1) is 11.8 Å². The second kappa shape index (κ2) is 6.20. The van der Waals surface area contributed by atoms with E-state index in [0.29, 0.717) is 11.4 Å². The zero-order chi connectivity index (χ0) is 16.4. The molecule has 2 aliphatic rings. The third-order valence-electron chi connectivity index (χ3n) is 4.37. The number of nitrogens with one attached hydrogen (secondary N) is 1. The summed E-state index contributed by atoms with van der Waals surface area (Å²) in [7, 11) is 0. The second-order valence-electron chi connectivity index (χ2n) is 5.81. The predicted molar refractivity (Wildman–Crippen MR) is 84.8 cm³/mol. The van der Waals surface area contributed by atoms with Gasteiger partial charge in [0.05, 0.1) is 11.4 Å². The van der Waals surface area contributed by atoms with Gasteiger partial charge in [0.2, 0.25) is 0 Å². The van der Waals surface area contributed by atoms with Crippen LogP contribution in [-0.2, 0) is 4.79 Å². The van der Waals surface area contributed by atoms with Crippen molar-refractivity contribution >= 4 is 23.2 Å². The molecular weight excluding hydrogens is 296 g/mol. The van der Waals surface area contributed by atoms with E-state index in [2.05, 4.69) is 15.5 Å². The van der Waals surface area contributed by atoms with E-state index in [1.807, 2.05) is 0 Å². The molecule has 7 nitrogen and oxygen atoms in total. The van der Waals surface area contributed by atoms with E-state index in [4.69, 9.17) is 5.73 Å². The Morgan fingerprint density at radius 3 is 2.61 bits per heavy atom. The van der Waals surface area contributed by atoms with Gasteiger partial charge in [0.1, 0.15) is 5.76 Å². The van der Waals surface area contributed by atoms with E-state index in [0.717, 1.165) is 25.7 Å². The molecule has 2 amide bonds. The Hall–Kier alpha value is -2.70. The first-order valence-corrected chi connectivity index (χ1v) is 7.62. The van der Waals surface area contributed by atoms with Crippen molar-refractivity contribution in [2.24, 2.45) is 22.1 Å². The summed E-state index contributed by atoms with van der Waals surface area (Å²) in [5.41, 5.74) is 6.46. The molecule has 2 unspecified atom stereocenters. The average Bonchev–Trinajstić information content (AvgIpc) is 2.80. The van der Waals surface area contributed by atoms with Crippen LogP contribution in [0.1, 0.15) is 25.7 Å². The van der Waals surface area contributed by atoms with Crippen LogP contribution in [0.25, 0.3) is 0 Å². The number of urea groups is 1. The maximum atomic E-state index is 12.3. The molecule has 1 fully saturated rings. The Kier molecular flexibility index (Phi) is 4.10. The van der Waals surface area contributed by atoms with Crippen LogP contribution in [0.4, 0.5) is 16.2 Å². The van der Waals surface area contributed by atoms with E-state index in [-0.39, 0.29) is 29.1 Å². The van der Waals surface area contributed by atoms with Crippen LogP contribution in [0.5, 0.6) is 0 Å². The number of amides is 2. The minimum atomic E-state index is -0.745. The van der Waals surface area contributed by atoms with Crippen LogP contribution < -0.4 is 11.1 Å². The predicted octanol–water partition coefficient (Wildman–Crippen LogP) is 3.41. The van der Waals surface area contributed by atoms with Gasteiger partial charge in [-0.05, 0) is 25.0 Å². The van der Waals surface area contributed by atoms with Gasteiger partial charge in [-0.15, -0.1) is 5.11 Å². The number of carbonyl (C=O) groups excluding carboxylic acids is 2. The quantitative estimate of drug-likeness (QED) is 0.572. The molecule has 0 bridgehead atoms. The van der Waals surface area contributed by atoms with Crippen molar-refractivity contribution in [2.45, 2.75) is 25.7 Å². The number of para-hydroxylation sites is 2. The van der Waals surface area contributed by atoms with Gasteiger partial charge in [0, 0.05) is 11.8 Å². The van der Waals surface area contributed by atoms with Gasteiger partial charge in [-0.2, -0.15) is 0 Å². The largest absolute Gasteiger partial charge is 0.510 e. The van der Waals surface area contributed by atoms with Crippen molar-refractivity contribution in [3.05, 3.63) is 35.7 Å². The summed E-state index contributed by atoms with van der Waals surface area (Å²) in [6.45, 7) is 0. The monoisotopic (exact) mass is 314 g/mol. The van der Waals surface area contributed by atoms with Gasteiger partial charge < -0.3 is 16.2 Å². The average molecular weight is 314 g/mol. The Morgan fingerprint density at radius 1 is 1.22 bits per heavy atom. The number of fused-ring (bicyclic) bond motifs is 1. The van der Waals surface area contributed by atoms with Crippen LogP contribution in [0.3, 0.4) is 0 Å². The highest BCUT2D eigenvalue weighted by Gasteiger charge is 2.43. The molecule has 1 aromatic rings. The van der Waals surface area contributed by atoms with Crippen LogP contribution in [0.2, 0.25) is 0 Å². The molecule has 2 atom stereocenters. The fourth-order valence-corrected chi connectivity index (χ4v) is 3.20. The molecule has 4 N–H and O–H groups in total. The summed E-state index contributed by atoms with van der Waals surface area (Å²) in [5, 5.41) is 19.8. The van der Waals surface area contributed by atoms with Crippen molar-refractivity contribution in [2.75, 3.05) is 11.1 Å². The number of aliphatic hydroxyl groups excluding tert-OH is 1. The Labute approximate surface area is 133 Å². The molecule has 0 spiro atoms. The minimum absolute atomic E-state index is 0.0320. The fraction of sp³-hybridized carbons (Fsp3) is 0.375. The Balaban J connectivity index is 1.72. The summed E-state index contributed by atoms with van der Waals surface area (Å²) in [4.78, 5) is 24.1. The van der Waals surface area contributed by atoms with Gasteiger partial charge in [-0.1, -0.05) is 30.1 Å². The van der Waals surface area contributed by atoms with Crippen molar-refractivity contribution in [1.29, 1.82) is 0 Å². The van der Waals surface area contributed by atoms with Crippen LogP contribution >= 0.6 is 0 Å². The Bertz CT molecular complexity index is 711. The lowest BCUT2D eigenvalue weighted by atomic mass is 9.80. The summed E-state index contributed by atoms with van der Waals surface area (Å²) in [6, 6.07) is 6.00. The van der Waals surface area contributed by atoms with Gasteiger partial charge in [-0.3, -0.25) is 4.79 Å². The number of anilines is 2. The van der Waals surface area contributed by atoms with E-state index >= 15 is 0 Å². The van der Waals surface area contributed by atoms with Crippen LogP contribution in [-0.4, -0.2) is 16.9 Å². The first kappa shape index (κ1) is 15.2. The third kappa shape index (κ3) is 2.94. The van der Waals surface area contributed by atoms with Gasteiger partial charge in [-0.25, -0.2) is 4.79 Å². The number of hydrogen-bond acceptors (Lipinski definition) is 5. The van der Waals surface area contributed by atoms with Crippen LogP contribution in [0.15, 0.2) is 46.0 Å². The summed E-state index contributed by atoms with van der Waals surface area (Å²) >= 11 is 0. The zero-order valence-corrected chi connectivity index (χ0v) is 12.5.